The Hall–Kier alpha value is -0.930. The summed E-state index contributed by atoms with van der Waals surface area (Å²) in [4.78, 5) is 0. The smallest absolute Gasteiger partial charge is 0.161 e. The molecule has 5 N–H and O–H groups in total. The lowest BCUT2D eigenvalue weighted by Crippen LogP contribution is -2.59. The normalized spacial score (nSPS) is 27.1. The number of hydrogen-bond donors (Lipinski definition) is 5. The molecule has 1 saturated carbocycles. The topological polar surface area (TPSA) is 111 Å². The van der Waals surface area contributed by atoms with Crippen molar-refractivity contribution in [3.8, 4) is 0 Å². The van der Waals surface area contributed by atoms with E-state index in [2.05, 4.69) is 22.5 Å². The van der Waals surface area contributed by atoms with Crippen LogP contribution >= 0.6 is 0 Å². The third-order valence-corrected chi connectivity index (χ3v) is 7.22. The maximum atomic E-state index is 12.7. The molecule has 1 heterocycles. The number of sulfone groups is 1. The first-order chi connectivity index (χ1) is 11.3. The first kappa shape index (κ1) is 19.4. The highest BCUT2D eigenvalue weighted by molar-refractivity contribution is 7.93. The fraction of sp³-hybridized carbons (Fsp3) is 0.750. The minimum Gasteiger partial charge on any atom is -0.396 e. The van der Waals surface area contributed by atoms with E-state index in [1.165, 1.54) is 0 Å². The standard InChI is InChI=1S/C16H29N3O4S/c1-11(2)15-18-13(9-14(19-15)17-12(3)10-21)16(5-6-16)24(22,23)8-4-7-20/h9,12,14-15,17-21H,1,4-8,10H2,2-3H3/t12-,14-,15?/m0/s1. The Morgan fingerprint density at radius 3 is 2.67 bits per heavy atom. The molecule has 3 atom stereocenters. The molecule has 0 amide bonds. The second-order valence-electron chi connectivity index (χ2n) is 6.79. The van der Waals surface area contributed by atoms with Gasteiger partial charge in [-0.3, -0.25) is 10.6 Å². The van der Waals surface area contributed by atoms with Crippen LogP contribution in [-0.4, -0.2) is 60.7 Å². The average molecular weight is 359 g/mol. The molecule has 1 aliphatic heterocycles. The van der Waals surface area contributed by atoms with E-state index in [0.29, 0.717) is 18.5 Å². The highest BCUT2D eigenvalue weighted by Gasteiger charge is 2.57. The van der Waals surface area contributed by atoms with Gasteiger partial charge in [0, 0.05) is 18.3 Å². The van der Waals surface area contributed by atoms with Crippen LogP contribution in [0.3, 0.4) is 0 Å². The van der Waals surface area contributed by atoms with Gasteiger partial charge in [0.1, 0.15) is 4.75 Å². The first-order valence-electron chi connectivity index (χ1n) is 8.36. The summed E-state index contributed by atoms with van der Waals surface area (Å²) in [5.41, 5.74) is 1.54. The van der Waals surface area contributed by atoms with Gasteiger partial charge in [-0.25, -0.2) is 8.42 Å². The van der Waals surface area contributed by atoms with Gasteiger partial charge in [0.25, 0.3) is 0 Å². The van der Waals surface area contributed by atoms with Gasteiger partial charge in [-0.15, -0.1) is 0 Å². The van der Waals surface area contributed by atoms with Crippen LogP contribution in [0.15, 0.2) is 23.9 Å². The van der Waals surface area contributed by atoms with Crippen molar-refractivity contribution in [3.05, 3.63) is 23.9 Å². The summed E-state index contributed by atoms with van der Waals surface area (Å²) < 4.78 is 24.6. The van der Waals surface area contributed by atoms with Crippen LogP contribution in [0.1, 0.15) is 33.1 Å². The quantitative estimate of drug-likeness (QED) is 0.356. The molecule has 1 fully saturated rings. The minimum atomic E-state index is -3.34. The Balaban J connectivity index is 2.26. The molecule has 0 radical (unpaired) electrons. The minimum absolute atomic E-state index is 0.00748. The fourth-order valence-corrected chi connectivity index (χ4v) is 5.04. The van der Waals surface area contributed by atoms with E-state index in [4.69, 9.17) is 5.11 Å². The third-order valence-electron chi connectivity index (χ3n) is 4.57. The summed E-state index contributed by atoms with van der Waals surface area (Å²) in [5, 5.41) is 28.0. The zero-order chi connectivity index (χ0) is 18.0. The predicted octanol–water partition coefficient (Wildman–Crippen LogP) is -0.408. The number of nitrogens with one attached hydrogen (secondary N) is 3. The molecular weight excluding hydrogens is 330 g/mol. The van der Waals surface area contributed by atoms with Crippen molar-refractivity contribution in [2.24, 2.45) is 0 Å². The fourth-order valence-electron chi connectivity index (χ4n) is 2.96. The highest BCUT2D eigenvalue weighted by Crippen LogP contribution is 2.49. The van der Waals surface area contributed by atoms with E-state index in [0.717, 1.165) is 5.57 Å². The molecule has 0 aromatic rings. The van der Waals surface area contributed by atoms with E-state index in [1.807, 2.05) is 19.9 Å². The molecular formula is C16H29N3O4S. The Morgan fingerprint density at radius 1 is 1.50 bits per heavy atom. The van der Waals surface area contributed by atoms with Crippen LogP contribution in [0.25, 0.3) is 0 Å². The average Bonchev–Trinajstić information content (AvgIpc) is 3.34. The lowest BCUT2D eigenvalue weighted by Gasteiger charge is -2.37. The van der Waals surface area contributed by atoms with Crippen LogP contribution in [-0.2, 0) is 9.84 Å². The Kier molecular flexibility index (Phi) is 6.09. The van der Waals surface area contributed by atoms with Gasteiger partial charge in [-0.2, -0.15) is 0 Å². The molecule has 1 unspecified atom stereocenters. The molecule has 8 heteroatoms. The van der Waals surface area contributed by atoms with E-state index in [9.17, 15) is 13.5 Å². The van der Waals surface area contributed by atoms with Crippen molar-refractivity contribution in [2.75, 3.05) is 19.0 Å². The van der Waals surface area contributed by atoms with Crippen molar-refractivity contribution in [2.45, 2.75) is 56.2 Å². The van der Waals surface area contributed by atoms with E-state index in [-0.39, 0.29) is 43.8 Å². The van der Waals surface area contributed by atoms with Crippen molar-refractivity contribution in [1.82, 2.24) is 16.0 Å². The Morgan fingerprint density at radius 2 is 2.17 bits per heavy atom. The number of rotatable bonds is 9. The van der Waals surface area contributed by atoms with Gasteiger partial charge in [0.2, 0.25) is 0 Å². The van der Waals surface area contributed by atoms with Gasteiger partial charge in [-0.05, 0) is 44.8 Å². The third kappa shape index (κ3) is 4.00. The van der Waals surface area contributed by atoms with E-state index in [1.54, 1.807) is 0 Å². The monoisotopic (exact) mass is 359 g/mol. The maximum absolute atomic E-state index is 12.7. The molecule has 7 nitrogen and oxygen atoms in total. The summed E-state index contributed by atoms with van der Waals surface area (Å²) in [6, 6.07) is -0.120. The molecule has 0 saturated heterocycles. The Bertz CT molecular complexity index is 598. The SMILES string of the molecule is C=C(C)C1NC(C2(S(=O)(=O)CCCO)CC2)=C[C@@H](N[C@@H](C)CO)N1. The van der Waals surface area contributed by atoms with Gasteiger partial charge in [0.15, 0.2) is 9.84 Å². The molecule has 0 spiro atoms. The first-order valence-corrected chi connectivity index (χ1v) is 10.0. The molecule has 0 aromatic heterocycles. The van der Waals surface area contributed by atoms with Crippen LogP contribution in [0.5, 0.6) is 0 Å². The summed E-state index contributed by atoms with van der Waals surface area (Å²) in [6.45, 7) is 7.55. The number of hydrogen-bond acceptors (Lipinski definition) is 7. The molecule has 0 aromatic carbocycles. The van der Waals surface area contributed by atoms with E-state index < -0.39 is 14.6 Å². The van der Waals surface area contributed by atoms with Gasteiger partial charge in [0.05, 0.1) is 24.7 Å². The van der Waals surface area contributed by atoms with E-state index >= 15 is 0 Å². The lowest BCUT2D eigenvalue weighted by atomic mass is 10.1. The second kappa shape index (κ2) is 7.53. The zero-order valence-electron chi connectivity index (χ0n) is 14.4. The van der Waals surface area contributed by atoms with Crippen molar-refractivity contribution < 1.29 is 18.6 Å². The molecule has 2 rings (SSSR count). The summed E-state index contributed by atoms with van der Waals surface area (Å²) in [5.74, 6) is -0.0151. The highest BCUT2D eigenvalue weighted by atomic mass is 32.2. The molecule has 0 bridgehead atoms. The Labute approximate surface area is 144 Å². The van der Waals surface area contributed by atoms with Crippen molar-refractivity contribution in [3.63, 3.8) is 0 Å². The van der Waals surface area contributed by atoms with Gasteiger partial charge >= 0.3 is 0 Å². The van der Waals surface area contributed by atoms with Gasteiger partial charge < -0.3 is 15.5 Å². The summed E-state index contributed by atoms with van der Waals surface area (Å²) >= 11 is 0. The molecule has 138 valence electrons. The summed E-state index contributed by atoms with van der Waals surface area (Å²) in [7, 11) is -3.34. The molecule has 24 heavy (non-hydrogen) atoms. The second-order valence-corrected chi connectivity index (χ2v) is 9.21. The number of aliphatic hydroxyl groups excluding tert-OH is 2. The number of aliphatic hydroxyl groups is 2. The largest absolute Gasteiger partial charge is 0.396 e. The summed E-state index contributed by atoms with van der Waals surface area (Å²) in [6.07, 6.45) is 2.79. The van der Waals surface area contributed by atoms with Crippen LogP contribution in [0.4, 0.5) is 0 Å². The maximum Gasteiger partial charge on any atom is 0.161 e. The van der Waals surface area contributed by atoms with Crippen LogP contribution in [0.2, 0.25) is 0 Å². The predicted molar refractivity (Wildman–Crippen MR) is 93.9 cm³/mol. The van der Waals surface area contributed by atoms with Crippen molar-refractivity contribution in [1.29, 1.82) is 0 Å². The van der Waals surface area contributed by atoms with Crippen LogP contribution in [0, 0.1) is 0 Å². The van der Waals surface area contributed by atoms with Crippen molar-refractivity contribution >= 4 is 9.84 Å². The molecule has 1 aliphatic carbocycles. The zero-order valence-corrected chi connectivity index (χ0v) is 15.2. The lowest BCUT2D eigenvalue weighted by molar-refractivity contribution is 0.234. The van der Waals surface area contributed by atoms with Crippen LogP contribution < -0.4 is 16.0 Å². The van der Waals surface area contributed by atoms with Gasteiger partial charge in [-0.1, -0.05) is 6.58 Å². The molecule has 2 aliphatic rings.